The molecule has 0 fully saturated rings. The van der Waals surface area contributed by atoms with Crippen LogP contribution in [0.2, 0.25) is 0 Å². The van der Waals surface area contributed by atoms with Crippen LogP contribution in [-0.2, 0) is 6.54 Å². The van der Waals surface area contributed by atoms with Gasteiger partial charge >= 0.3 is 0 Å². The van der Waals surface area contributed by atoms with Gasteiger partial charge in [0.2, 0.25) is 0 Å². The molecule has 0 radical (unpaired) electrons. The van der Waals surface area contributed by atoms with Gasteiger partial charge in [0.25, 0.3) is 0 Å². The summed E-state index contributed by atoms with van der Waals surface area (Å²) in [5, 5.41) is 2.93. The molecule has 3 heteroatoms. The van der Waals surface area contributed by atoms with Crippen molar-refractivity contribution in [3.8, 4) is 0 Å². The summed E-state index contributed by atoms with van der Waals surface area (Å²) >= 11 is 0. The van der Waals surface area contributed by atoms with Crippen LogP contribution >= 0.6 is 0 Å². The van der Waals surface area contributed by atoms with Crippen LogP contribution in [0.5, 0.6) is 0 Å². The molecule has 0 heterocycles. The van der Waals surface area contributed by atoms with Gasteiger partial charge in [-0.3, -0.25) is 0 Å². The Balaban J connectivity index is 2.71. The lowest BCUT2D eigenvalue weighted by Crippen LogP contribution is -2.24. The molecule has 0 saturated heterocycles. The van der Waals surface area contributed by atoms with E-state index in [1.807, 2.05) is 6.92 Å². The molecular formula is C11H13F2N. The molecule has 76 valence electrons. The van der Waals surface area contributed by atoms with Crippen LogP contribution in [0.3, 0.4) is 0 Å². The highest BCUT2D eigenvalue weighted by atomic mass is 19.1. The second-order valence-electron chi connectivity index (χ2n) is 3.11. The summed E-state index contributed by atoms with van der Waals surface area (Å²) in [6.07, 6.45) is 1.68. The highest BCUT2D eigenvalue weighted by Gasteiger charge is 2.07. The Labute approximate surface area is 82.4 Å². The van der Waals surface area contributed by atoms with Crippen molar-refractivity contribution in [3.05, 3.63) is 48.1 Å². The molecule has 1 rings (SSSR count). The first-order valence-electron chi connectivity index (χ1n) is 4.44. The Hall–Kier alpha value is -1.22. The Kier molecular flexibility index (Phi) is 3.77. The lowest BCUT2D eigenvalue weighted by Gasteiger charge is -2.10. The monoisotopic (exact) mass is 197 g/mol. The third-order valence-electron chi connectivity index (χ3n) is 2.02. The Morgan fingerprint density at radius 2 is 2.00 bits per heavy atom. The van der Waals surface area contributed by atoms with Crippen molar-refractivity contribution >= 4 is 0 Å². The van der Waals surface area contributed by atoms with Gasteiger partial charge in [0.1, 0.15) is 11.6 Å². The molecule has 0 saturated carbocycles. The summed E-state index contributed by atoms with van der Waals surface area (Å²) in [6, 6.07) is 3.89. The summed E-state index contributed by atoms with van der Waals surface area (Å²) in [5.41, 5.74) is 0.0706. The lowest BCUT2D eigenvalue weighted by atomic mass is 10.2. The van der Waals surface area contributed by atoms with Crippen molar-refractivity contribution in [2.45, 2.75) is 19.5 Å². The molecule has 1 nitrogen and oxygen atoms in total. The van der Waals surface area contributed by atoms with Crippen LogP contribution in [-0.4, -0.2) is 6.04 Å². The zero-order valence-electron chi connectivity index (χ0n) is 8.06. The molecule has 0 aliphatic carbocycles. The minimum Gasteiger partial charge on any atom is -0.307 e. The van der Waals surface area contributed by atoms with Crippen LogP contribution in [0.25, 0.3) is 0 Å². The molecule has 1 N–H and O–H groups in total. The van der Waals surface area contributed by atoms with Crippen molar-refractivity contribution < 1.29 is 8.78 Å². The normalized spacial score (nSPS) is 12.5. The van der Waals surface area contributed by atoms with E-state index in [9.17, 15) is 8.78 Å². The van der Waals surface area contributed by atoms with Crippen LogP contribution in [0.4, 0.5) is 8.78 Å². The van der Waals surface area contributed by atoms with Gasteiger partial charge in [0, 0.05) is 18.2 Å². The average molecular weight is 197 g/mol. The van der Waals surface area contributed by atoms with E-state index in [1.54, 1.807) is 6.08 Å². The van der Waals surface area contributed by atoms with Gasteiger partial charge in [-0.25, -0.2) is 8.78 Å². The maximum Gasteiger partial charge on any atom is 0.130 e. The van der Waals surface area contributed by atoms with E-state index in [0.717, 1.165) is 0 Å². The molecule has 0 aliphatic rings. The Morgan fingerprint density at radius 3 is 2.50 bits per heavy atom. The predicted molar refractivity (Wildman–Crippen MR) is 52.9 cm³/mol. The van der Waals surface area contributed by atoms with Gasteiger partial charge in [0.05, 0.1) is 0 Å². The summed E-state index contributed by atoms with van der Waals surface area (Å²) in [4.78, 5) is 0. The quantitative estimate of drug-likeness (QED) is 0.732. The minimum atomic E-state index is -0.520. The summed E-state index contributed by atoms with van der Waals surface area (Å²) in [6.45, 7) is 5.61. The minimum absolute atomic E-state index is 0.0361. The molecule has 1 atom stereocenters. The summed E-state index contributed by atoms with van der Waals surface area (Å²) in [7, 11) is 0. The number of rotatable bonds is 4. The molecule has 1 aromatic rings. The molecule has 1 aromatic carbocycles. The van der Waals surface area contributed by atoms with Crippen LogP contribution in [0.15, 0.2) is 30.9 Å². The van der Waals surface area contributed by atoms with E-state index in [-0.39, 0.29) is 18.2 Å². The van der Waals surface area contributed by atoms with Gasteiger partial charge in [-0.15, -0.1) is 6.58 Å². The second kappa shape index (κ2) is 4.86. The molecule has 14 heavy (non-hydrogen) atoms. The number of halogens is 2. The SMILES string of the molecule is C=CC(C)NCc1c(F)cccc1F. The highest BCUT2D eigenvalue weighted by Crippen LogP contribution is 2.11. The third-order valence-corrected chi connectivity index (χ3v) is 2.02. The van der Waals surface area contributed by atoms with Crippen molar-refractivity contribution in [2.24, 2.45) is 0 Å². The first-order valence-corrected chi connectivity index (χ1v) is 4.44. The van der Waals surface area contributed by atoms with E-state index in [0.29, 0.717) is 0 Å². The topological polar surface area (TPSA) is 12.0 Å². The standard InChI is InChI=1S/C11H13F2N/c1-3-8(2)14-7-9-10(12)5-4-6-11(9)13/h3-6,8,14H,1,7H2,2H3. The number of benzene rings is 1. The highest BCUT2D eigenvalue weighted by molar-refractivity contribution is 5.19. The van der Waals surface area contributed by atoms with Gasteiger partial charge in [-0.05, 0) is 19.1 Å². The van der Waals surface area contributed by atoms with Gasteiger partial charge < -0.3 is 5.32 Å². The molecular weight excluding hydrogens is 184 g/mol. The number of nitrogens with one attached hydrogen (secondary N) is 1. The fourth-order valence-corrected chi connectivity index (χ4v) is 1.05. The van der Waals surface area contributed by atoms with Crippen molar-refractivity contribution in [1.29, 1.82) is 0 Å². The van der Waals surface area contributed by atoms with Crippen molar-refractivity contribution in [3.63, 3.8) is 0 Å². The predicted octanol–water partition coefficient (Wildman–Crippen LogP) is 2.63. The zero-order chi connectivity index (χ0) is 10.6. The zero-order valence-corrected chi connectivity index (χ0v) is 8.06. The van der Waals surface area contributed by atoms with Crippen LogP contribution in [0, 0.1) is 11.6 Å². The first-order chi connectivity index (χ1) is 6.65. The smallest absolute Gasteiger partial charge is 0.130 e. The van der Waals surface area contributed by atoms with E-state index in [2.05, 4.69) is 11.9 Å². The largest absolute Gasteiger partial charge is 0.307 e. The maximum absolute atomic E-state index is 13.1. The van der Waals surface area contributed by atoms with Gasteiger partial charge in [0.15, 0.2) is 0 Å². The van der Waals surface area contributed by atoms with E-state index in [1.165, 1.54) is 18.2 Å². The molecule has 0 bridgehead atoms. The molecule has 0 aliphatic heterocycles. The van der Waals surface area contributed by atoms with Crippen LogP contribution < -0.4 is 5.32 Å². The van der Waals surface area contributed by atoms with Crippen molar-refractivity contribution in [2.75, 3.05) is 0 Å². The van der Waals surface area contributed by atoms with Gasteiger partial charge in [-0.1, -0.05) is 12.1 Å². The van der Waals surface area contributed by atoms with Crippen LogP contribution in [0.1, 0.15) is 12.5 Å². The van der Waals surface area contributed by atoms with E-state index < -0.39 is 11.6 Å². The summed E-state index contributed by atoms with van der Waals surface area (Å²) < 4.78 is 26.2. The lowest BCUT2D eigenvalue weighted by molar-refractivity contribution is 0.526. The fourth-order valence-electron chi connectivity index (χ4n) is 1.05. The van der Waals surface area contributed by atoms with E-state index >= 15 is 0 Å². The number of hydrogen-bond donors (Lipinski definition) is 1. The molecule has 0 aromatic heterocycles. The Bertz CT molecular complexity index is 303. The average Bonchev–Trinajstić information content (AvgIpc) is 2.16. The van der Waals surface area contributed by atoms with E-state index in [4.69, 9.17) is 0 Å². The Morgan fingerprint density at radius 1 is 1.43 bits per heavy atom. The second-order valence-corrected chi connectivity index (χ2v) is 3.11. The maximum atomic E-state index is 13.1. The third kappa shape index (κ3) is 2.64. The van der Waals surface area contributed by atoms with Crippen molar-refractivity contribution in [1.82, 2.24) is 5.32 Å². The summed E-state index contributed by atoms with van der Waals surface area (Å²) in [5.74, 6) is -1.04. The fraction of sp³-hybridized carbons (Fsp3) is 0.273. The first kappa shape index (κ1) is 10.9. The molecule has 0 spiro atoms. The molecule has 1 unspecified atom stereocenters. The van der Waals surface area contributed by atoms with Gasteiger partial charge in [-0.2, -0.15) is 0 Å². The molecule has 0 amide bonds. The number of hydrogen-bond acceptors (Lipinski definition) is 1.